The molecule has 0 radical (unpaired) electrons. The van der Waals surface area contributed by atoms with Crippen LogP contribution in [0.1, 0.15) is 60.3 Å². The predicted octanol–water partition coefficient (Wildman–Crippen LogP) is 4.84. The lowest BCUT2D eigenvalue weighted by molar-refractivity contribution is -0.180. The van der Waals surface area contributed by atoms with E-state index in [9.17, 15) is 14.4 Å². The number of carbonyl (C=O) groups is 3. The van der Waals surface area contributed by atoms with Crippen LogP contribution in [-0.4, -0.2) is 24.6 Å². The molecule has 27 heavy (non-hydrogen) atoms. The minimum absolute atomic E-state index is 0.0683. The molecule has 0 bridgehead atoms. The zero-order valence-electron chi connectivity index (χ0n) is 17.7. The average molecular weight is 375 g/mol. The molecule has 0 saturated heterocycles. The molecule has 3 atom stereocenters. The van der Waals surface area contributed by atoms with Crippen LogP contribution in [-0.2, 0) is 19.1 Å². The van der Waals surface area contributed by atoms with Gasteiger partial charge in [-0.1, -0.05) is 37.6 Å². The molecule has 0 N–H and O–H groups in total. The van der Waals surface area contributed by atoms with Crippen LogP contribution in [0.3, 0.4) is 0 Å². The number of carbonyl (C=O) groups excluding carboxylic acids is 3. The van der Waals surface area contributed by atoms with Gasteiger partial charge in [-0.15, -0.1) is 13.2 Å². The predicted molar refractivity (Wildman–Crippen MR) is 108 cm³/mol. The first-order chi connectivity index (χ1) is 12.5. The van der Waals surface area contributed by atoms with Crippen molar-refractivity contribution in [3.8, 4) is 0 Å². The van der Waals surface area contributed by atoms with Gasteiger partial charge in [0.25, 0.3) is 0 Å². The molecule has 150 valence electrons. The molecule has 1 fully saturated rings. The lowest BCUT2D eigenvalue weighted by Crippen LogP contribution is -2.64. The molecule has 4 heteroatoms. The molecule has 0 unspecified atom stereocenters. The number of hydrogen-bond acceptors (Lipinski definition) is 4. The van der Waals surface area contributed by atoms with Gasteiger partial charge >= 0.3 is 5.97 Å². The lowest BCUT2D eigenvalue weighted by atomic mass is 9.43. The maximum absolute atomic E-state index is 14.0. The Morgan fingerprint density at radius 2 is 1.74 bits per heavy atom. The van der Waals surface area contributed by atoms with E-state index in [1.807, 2.05) is 33.8 Å². The van der Waals surface area contributed by atoms with Crippen molar-refractivity contribution in [2.75, 3.05) is 7.11 Å². The van der Waals surface area contributed by atoms with Crippen molar-refractivity contribution in [1.82, 2.24) is 0 Å². The number of Topliss-reactive ketones (excluding diaryl/α,β-unsaturated/α-hetero) is 2. The number of esters is 1. The normalized spacial score (nSPS) is 29.6. The third-order valence-corrected chi connectivity index (χ3v) is 6.48. The summed E-state index contributed by atoms with van der Waals surface area (Å²) in [6.07, 6.45) is 6.68. The lowest BCUT2D eigenvalue weighted by Gasteiger charge is -2.56. The van der Waals surface area contributed by atoms with E-state index in [1.165, 1.54) is 14.0 Å². The first-order valence-electron chi connectivity index (χ1n) is 9.47. The number of ether oxygens (including phenoxy) is 1. The molecule has 4 nitrogen and oxygen atoms in total. The zero-order valence-corrected chi connectivity index (χ0v) is 17.7. The van der Waals surface area contributed by atoms with E-state index in [1.54, 1.807) is 12.2 Å². The summed E-state index contributed by atoms with van der Waals surface area (Å²) in [4.78, 5) is 39.9. The second-order valence-electron chi connectivity index (χ2n) is 8.49. The van der Waals surface area contributed by atoms with E-state index in [2.05, 4.69) is 13.2 Å². The number of rotatable bonds is 8. The molecule has 1 aliphatic carbocycles. The Bertz CT molecular complexity index is 666. The molecule has 0 aliphatic heterocycles. The molecule has 0 aromatic rings. The van der Waals surface area contributed by atoms with E-state index in [0.717, 1.165) is 5.57 Å². The summed E-state index contributed by atoms with van der Waals surface area (Å²) in [5.74, 6) is -1.20. The van der Waals surface area contributed by atoms with Crippen molar-refractivity contribution >= 4 is 17.5 Å². The van der Waals surface area contributed by atoms with Crippen molar-refractivity contribution in [1.29, 1.82) is 0 Å². The molecule has 0 aromatic carbocycles. The van der Waals surface area contributed by atoms with Gasteiger partial charge in [0, 0.05) is 0 Å². The third-order valence-electron chi connectivity index (χ3n) is 6.48. The minimum Gasteiger partial charge on any atom is -0.468 e. The second-order valence-corrected chi connectivity index (χ2v) is 8.49. The topological polar surface area (TPSA) is 60.4 Å². The van der Waals surface area contributed by atoms with Gasteiger partial charge in [0.05, 0.1) is 12.5 Å². The quantitative estimate of drug-likeness (QED) is 0.346. The van der Waals surface area contributed by atoms with Gasteiger partial charge in [-0.05, 0) is 57.8 Å². The fourth-order valence-electron chi connectivity index (χ4n) is 4.74. The van der Waals surface area contributed by atoms with Gasteiger partial charge in [0.1, 0.15) is 11.2 Å². The van der Waals surface area contributed by atoms with E-state index < -0.39 is 22.2 Å². The van der Waals surface area contributed by atoms with Crippen LogP contribution in [0.2, 0.25) is 0 Å². The van der Waals surface area contributed by atoms with Gasteiger partial charge in [0.2, 0.25) is 0 Å². The Kier molecular flexibility index (Phi) is 7.15. The standard InChI is InChI=1S/C23H34O4/c1-9-11-18-15-22(20(26)27-8,14-12-16(3)4)19(25)23(13-10-2,17(5)24)21(18,6)7/h9-10,12,18H,1-2,11,13-15H2,3-8H3/t18-,22+,23+/m1/s1. The molecular formula is C23H34O4. The number of allylic oxidation sites excluding steroid dienone is 4. The minimum atomic E-state index is -1.37. The first-order valence-corrected chi connectivity index (χ1v) is 9.47. The number of methoxy groups -OCH3 is 1. The van der Waals surface area contributed by atoms with Crippen LogP contribution in [0.4, 0.5) is 0 Å². The molecule has 1 aliphatic rings. The van der Waals surface area contributed by atoms with Crippen molar-refractivity contribution in [2.24, 2.45) is 22.2 Å². The Morgan fingerprint density at radius 3 is 2.15 bits per heavy atom. The fourth-order valence-corrected chi connectivity index (χ4v) is 4.74. The maximum atomic E-state index is 14.0. The Hall–Kier alpha value is -1.97. The van der Waals surface area contributed by atoms with Crippen molar-refractivity contribution in [3.05, 3.63) is 37.0 Å². The highest BCUT2D eigenvalue weighted by molar-refractivity contribution is 6.17. The molecule has 0 spiro atoms. The van der Waals surface area contributed by atoms with Crippen LogP contribution in [0.5, 0.6) is 0 Å². The highest BCUT2D eigenvalue weighted by Gasteiger charge is 2.68. The largest absolute Gasteiger partial charge is 0.468 e. The highest BCUT2D eigenvalue weighted by atomic mass is 16.5. The molecule has 0 aromatic heterocycles. The summed E-state index contributed by atoms with van der Waals surface area (Å²) in [5, 5.41) is 0. The summed E-state index contributed by atoms with van der Waals surface area (Å²) in [7, 11) is 1.30. The summed E-state index contributed by atoms with van der Waals surface area (Å²) < 4.78 is 5.09. The van der Waals surface area contributed by atoms with E-state index in [0.29, 0.717) is 12.8 Å². The van der Waals surface area contributed by atoms with Crippen LogP contribution >= 0.6 is 0 Å². The monoisotopic (exact) mass is 374 g/mol. The van der Waals surface area contributed by atoms with Gasteiger partial charge in [-0.25, -0.2) is 0 Å². The average Bonchev–Trinajstić information content (AvgIpc) is 2.59. The van der Waals surface area contributed by atoms with E-state index in [-0.39, 0.29) is 30.3 Å². The van der Waals surface area contributed by atoms with E-state index in [4.69, 9.17) is 4.74 Å². The number of ketones is 2. The molecular weight excluding hydrogens is 340 g/mol. The molecule has 0 amide bonds. The van der Waals surface area contributed by atoms with E-state index >= 15 is 0 Å². The van der Waals surface area contributed by atoms with Gasteiger partial charge in [-0.2, -0.15) is 0 Å². The maximum Gasteiger partial charge on any atom is 0.319 e. The molecule has 1 saturated carbocycles. The first kappa shape index (κ1) is 23.1. The van der Waals surface area contributed by atoms with Crippen LogP contribution in [0.15, 0.2) is 37.0 Å². The highest BCUT2D eigenvalue weighted by Crippen LogP contribution is 2.61. The summed E-state index contributed by atoms with van der Waals surface area (Å²) >= 11 is 0. The molecule has 0 heterocycles. The Morgan fingerprint density at radius 1 is 1.15 bits per heavy atom. The van der Waals surface area contributed by atoms with Gasteiger partial charge in [-0.3, -0.25) is 14.4 Å². The second kappa shape index (κ2) is 8.37. The van der Waals surface area contributed by atoms with Crippen LogP contribution in [0, 0.1) is 22.2 Å². The molecule has 1 rings (SSSR count). The van der Waals surface area contributed by atoms with Crippen LogP contribution in [0.25, 0.3) is 0 Å². The van der Waals surface area contributed by atoms with Crippen molar-refractivity contribution < 1.29 is 19.1 Å². The van der Waals surface area contributed by atoms with Crippen molar-refractivity contribution in [3.63, 3.8) is 0 Å². The fraction of sp³-hybridized carbons (Fsp3) is 0.609. The smallest absolute Gasteiger partial charge is 0.319 e. The number of hydrogen-bond donors (Lipinski definition) is 0. The zero-order chi connectivity index (χ0) is 21.0. The SMILES string of the molecule is C=CC[C@@H]1C[C@](CC=C(C)C)(C(=O)OC)C(=O)[C@](CC=C)(C(C)=O)C1(C)C. The van der Waals surface area contributed by atoms with Crippen molar-refractivity contribution in [2.45, 2.75) is 60.3 Å². The Balaban J connectivity index is 3.85. The Labute approximate surface area is 163 Å². The summed E-state index contributed by atoms with van der Waals surface area (Å²) in [6.45, 7) is 16.8. The summed E-state index contributed by atoms with van der Waals surface area (Å²) in [6, 6.07) is 0. The third kappa shape index (κ3) is 3.59. The summed E-state index contributed by atoms with van der Waals surface area (Å²) in [5.41, 5.74) is -2.32. The van der Waals surface area contributed by atoms with Gasteiger partial charge < -0.3 is 4.74 Å². The van der Waals surface area contributed by atoms with Crippen LogP contribution < -0.4 is 0 Å². The van der Waals surface area contributed by atoms with Gasteiger partial charge in [0.15, 0.2) is 5.78 Å².